The molecule has 1 N–H and O–H groups in total. The SMILES string of the molecule is COc1cc(OC)c2c(O)cc(=S)oc2c1. The van der Waals surface area contributed by atoms with Crippen molar-refractivity contribution in [2.24, 2.45) is 0 Å². The van der Waals surface area contributed by atoms with E-state index in [-0.39, 0.29) is 10.5 Å². The minimum atomic E-state index is 0.0331. The average molecular weight is 238 g/mol. The summed E-state index contributed by atoms with van der Waals surface area (Å²) in [5.74, 6) is 1.09. The predicted molar refractivity (Wildman–Crippen MR) is 61.8 cm³/mol. The predicted octanol–water partition coefficient (Wildman–Crippen LogP) is 2.89. The molecule has 1 heterocycles. The van der Waals surface area contributed by atoms with Crippen molar-refractivity contribution in [3.05, 3.63) is 22.9 Å². The topological polar surface area (TPSA) is 51.8 Å². The molecule has 0 radical (unpaired) electrons. The summed E-state index contributed by atoms with van der Waals surface area (Å²) in [5, 5.41) is 10.3. The van der Waals surface area contributed by atoms with Gasteiger partial charge in [-0.3, -0.25) is 0 Å². The number of aromatic hydroxyl groups is 1. The Bertz CT molecular complexity index is 588. The molecule has 5 heteroatoms. The van der Waals surface area contributed by atoms with Crippen molar-refractivity contribution in [1.29, 1.82) is 0 Å². The standard InChI is InChI=1S/C11H10O4S/c1-13-6-3-8(14-2)11-7(12)5-10(16)15-9(11)4-6/h3-5,12H,1-2H3. The summed E-state index contributed by atoms with van der Waals surface area (Å²) in [6.45, 7) is 0. The molecule has 0 saturated heterocycles. The molecule has 1 aromatic heterocycles. The quantitative estimate of drug-likeness (QED) is 0.815. The normalized spacial score (nSPS) is 10.4. The van der Waals surface area contributed by atoms with Crippen molar-refractivity contribution < 1.29 is 19.0 Å². The van der Waals surface area contributed by atoms with Gasteiger partial charge in [-0.15, -0.1) is 0 Å². The van der Waals surface area contributed by atoms with Gasteiger partial charge in [-0.05, 0) is 12.2 Å². The first-order valence-corrected chi connectivity index (χ1v) is 4.95. The summed E-state index contributed by atoms with van der Waals surface area (Å²) < 4.78 is 15.8. The van der Waals surface area contributed by atoms with Crippen LogP contribution in [0.15, 0.2) is 22.6 Å². The average Bonchev–Trinajstić information content (AvgIpc) is 2.26. The lowest BCUT2D eigenvalue weighted by Gasteiger charge is -2.08. The number of hydrogen-bond donors (Lipinski definition) is 1. The van der Waals surface area contributed by atoms with Crippen LogP contribution in [-0.4, -0.2) is 19.3 Å². The Morgan fingerprint density at radius 3 is 2.56 bits per heavy atom. The fraction of sp³-hybridized carbons (Fsp3) is 0.182. The second-order valence-corrected chi connectivity index (χ2v) is 3.56. The fourth-order valence-corrected chi connectivity index (χ4v) is 1.70. The van der Waals surface area contributed by atoms with Crippen molar-refractivity contribution in [1.82, 2.24) is 0 Å². The van der Waals surface area contributed by atoms with Gasteiger partial charge in [0.05, 0.1) is 14.2 Å². The number of ether oxygens (including phenoxy) is 2. The van der Waals surface area contributed by atoms with Gasteiger partial charge in [0.15, 0.2) is 4.71 Å². The molecular weight excluding hydrogens is 228 g/mol. The molecule has 0 aliphatic carbocycles. The van der Waals surface area contributed by atoms with E-state index in [1.54, 1.807) is 12.1 Å². The summed E-state index contributed by atoms with van der Waals surface area (Å²) in [5.41, 5.74) is 0.432. The van der Waals surface area contributed by atoms with Crippen molar-refractivity contribution in [3.63, 3.8) is 0 Å². The van der Waals surface area contributed by atoms with E-state index in [0.29, 0.717) is 22.5 Å². The van der Waals surface area contributed by atoms with Gasteiger partial charge in [0.1, 0.15) is 28.2 Å². The Hall–Kier alpha value is -1.75. The molecule has 2 aromatic rings. The third kappa shape index (κ3) is 1.69. The number of hydrogen-bond acceptors (Lipinski definition) is 5. The highest BCUT2D eigenvalue weighted by Gasteiger charge is 2.11. The van der Waals surface area contributed by atoms with Gasteiger partial charge in [-0.25, -0.2) is 0 Å². The second-order valence-electron chi connectivity index (χ2n) is 3.15. The summed E-state index contributed by atoms with van der Waals surface area (Å²) in [7, 11) is 3.05. The Morgan fingerprint density at radius 2 is 1.94 bits per heavy atom. The largest absolute Gasteiger partial charge is 0.507 e. The van der Waals surface area contributed by atoms with Crippen LogP contribution in [-0.2, 0) is 0 Å². The van der Waals surface area contributed by atoms with Gasteiger partial charge in [0, 0.05) is 18.2 Å². The highest BCUT2D eigenvalue weighted by atomic mass is 32.1. The molecule has 0 fully saturated rings. The lowest BCUT2D eigenvalue weighted by molar-refractivity contribution is 0.393. The maximum atomic E-state index is 9.78. The monoisotopic (exact) mass is 238 g/mol. The number of benzene rings is 1. The van der Waals surface area contributed by atoms with Crippen LogP contribution < -0.4 is 9.47 Å². The highest BCUT2D eigenvalue weighted by Crippen LogP contribution is 2.36. The van der Waals surface area contributed by atoms with E-state index >= 15 is 0 Å². The number of rotatable bonds is 2. The molecule has 16 heavy (non-hydrogen) atoms. The molecule has 0 aliphatic heterocycles. The van der Waals surface area contributed by atoms with E-state index in [1.165, 1.54) is 20.3 Å². The Kier molecular flexibility index (Phi) is 2.70. The molecule has 0 aliphatic rings. The fourth-order valence-electron chi connectivity index (χ4n) is 1.50. The van der Waals surface area contributed by atoms with Crippen LogP contribution in [0.3, 0.4) is 0 Å². The first kappa shape index (κ1) is 10.8. The second kappa shape index (κ2) is 4.02. The molecule has 2 rings (SSSR count). The third-order valence-electron chi connectivity index (χ3n) is 2.22. The Balaban J connectivity index is 2.89. The highest BCUT2D eigenvalue weighted by molar-refractivity contribution is 7.71. The molecular formula is C11H10O4S. The van der Waals surface area contributed by atoms with E-state index in [1.807, 2.05) is 0 Å². The summed E-state index contributed by atoms with van der Waals surface area (Å²) in [6, 6.07) is 4.68. The van der Waals surface area contributed by atoms with Gasteiger partial charge in [-0.2, -0.15) is 0 Å². The lowest BCUT2D eigenvalue weighted by atomic mass is 10.2. The Labute approximate surface area is 97.0 Å². The minimum Gasteiger partial charge on any atom is -0.507 e. The van der Waals surface area contributed by atoms with E-state index in [0.717, 1.165) is 0 Å². The van der Waals surface area contributed by atoms with Crippen LogP contribution >= 0.6 is 12.2 Å². The maximum Gasteiger partial charge on any atom is 0.194 e. The van der Waals surface area contributed by atoms with Gasteiger partial charge in [-0.1, -0.05) is 0 Å². The van der Waals surface area contributed by atoms with Gasteiger partial charge < -0.3 is 19.0 Å². The lowest BCUT2D eigenvalue weighted by Crippen LogP contribution is -1.89. The van der Waals surface area contributed by atoms with Crippen molar-refractivity contribution in [2.45, 2.75) is 0 Å². The maximum absolute atomic E-state index is 9.78. The van der Waals surface area contributed by atoms with Crippen molar-refractivity contribution >= 4 is 23.2 Å². The number of fused-ring (bicyclic) bond motifs is 1. The molecule has 1 aromatic carbocycles. The van der Waals surface area contributed by atoms with E-state index in [9.17, 15) is 5.11 Å². The molecule has 0 bridgehead atoms. The third-order valence-corrected chi connectivity index (χ3v) is 2.42. The Morgan fingerprint density at radius 1 is 1.19 bits per heavy atom. The summed E-state index contributed by atoms with van der Waals surface area (Å²) in [6.07, 6.45) is 0. The molecule has 0 atom stereocenters. The van der Waals surface area contributed by atoms with Crippen LogP contribution in [0.1, 0.15) is 0 Å². The molecule has 84 valence electrons. The van der Waals surface area contributed by atoms with Crippen LogP contribution in [0.25, 0.3) is 11.0 Å². The smallest absolute Gasteiger partial charge is 0.194 e. The zero-order valence-electron chi connectivity index (χ0n) is 8.81. The molecule has 0 unspecified atom stereocenters. The van der Waals surface area contributed by atoms with Crippen LogP contribution in [0.5, 0.6) is 17.2 Å². The van der Waals surface area contributed by atoms with Crippen LogP contribution in [0.4, 0.5) is 0 Å². The number of methoxy groups -OCH3 is 2. The summed E-state index contributed by atoms with van der Waals surface area (Å²) >= 11 is 4.88. The van der Waals surface area contributed by atoms with Gasteiger partial charge >= 0.3 is 0 Å². The zero-order valence-corrected chi connectivity index (χ0v) is 9.63. The molecule has 0 spiro atoms. The van der Waals surface area contributed by atoms with Gasteiger partial charge in [0.25, 0.3) is 0 Å². The minimum absolute atomic E-state index is 0.0331. The van der Waals surface area contributed by atoms with Crippen molar-refractivity contribution in [2.75, 3.05) is 14.2 Å². The molecule has 0 amide bonds. The summed E-state index contributed by atoms with van der Waals surface area (Å²) in [4.78, 5) is 0. The van der Waals surface area contributed by atoms with E-state index < -0.39 is 0 Å². The van der Waals surface area contributed by atoms with Crippen molar-refractivity contribution in [3.8, 4) is 17.2 Å². The zero-order chi connectivity index (χ0) is 11.7. The van der Waals surface area contributed by atoms with E-state index in [2.05, 4.69) is 0 Å². The van der Waals surface area contributed by atoms with Gasteiger partial charge in [0.2, 0.25) is 0 Å². The first-order valence-electron chi connectivity index (χ1n) is 4.54. The first-order chi connectivity index (χ1) is 7.65. The molecule has 4 nitrogen and oxygen atoms in total. The van der Waals surface area contributed by atoms with Crippen LogP contribution in [0, 0.1) is 4.71 Å². The molecule has 0 saturated carbocycles. The van der Waals surface area contributed by atoms with Crippen LogP contribution in [0.2, 0.25) is 0 Å². The van der Waals surface area contributed by atoms with E-state index in [4.69, 9.17) is 26.1 Å².